The molecule has 2 N–H and O–H groups in total. The minimum Gasteiger partial charge on any atom is -0.481 e. The summed E-state index contributed by atoms with van der Waals surface area (Å²) in [4.78, 5) is 23.5. The second kappa shape index (κ2) is 8.48. The van der Waals surface area contributed by atoms with Gasteiger partial charge in [-0.25, -0.2) is 4.68 Å². The van der Waals surface area contributed by atoms with Gasteiger partial charge in [-0.1, -0.05) is 30.3 Å². The Kier molecular flexibility index (Phi) is 5.43. The van der Waals surface area contributed by atoms with E-state index in [9.17, 15) is 9.59 Å². The number of furan rings is 1. The van der Waals surface area contributed by atoms with E-state index in [2.05, 4.69) is 10.4 Å². The first-order chi connectivity index (χ1) is 14.6. The average Bonchev–Trinajstić information content (AvgIpc) is 3.44. The molecule has 7 nitrogen and oxygen atoms in total. The van der Waals surface area contributed by atoms with Crippen LogP contribution < -0.4 is 5.32 Å². The Morgan fingerprint density at radius 3 is 2.43 bits per heavy atom. The molecule has 4 rings (SSSR count). The minimum absolute atomic E-state index is 0.0676. The molecule has 0 spiro atoms. The molecule has 0 fully saturated rings. The van der Waals surface area contributed by atoms with Crippen LogP contribution in [0.5, 0.6) is 0 Å². The van der Waals surface area contributed by atoms with Gasteiger partial charge < -0.3 is 14.8 Å². The summed E-state index contributed by atoms with van der Waals surface area (Å²) in [6.07, 6.45) is 2.08. The molecule has 0 aliphatic carbocycles. The third-order valence-electron chi connectivity index (χ3n) is 4.56. The predicted molar refractivity (Wildman–Crippen MR) is 112 cm³/mol. The maximum Gasteiger partial charge on any atom is 0.303 e. The first-order valence-electron chi connectivity index (χ1n) is 9.41. The fourth-order valence-electron chi connectivity index (χ4n) is 3.06. The fraction of sp³-hybridized carbons (Fsp3) is 0.0870. The lowest BCUT2D eigenvalue weighted by molar-refractivity contribution is -0.136. The van der Waals surface area contributed by atoms with Crippen LogP contribution in [0.4, 0.5) is 5.69 Å². The Morgan fingerprint density at radius 2 is 1.77 bits per heavy atom. The van der Waals surface area contributed by atoms with E-state index in [-0.39, 0.29) is 18.0 Å². The van der Waals surface area contributed by atoms with Crippen LogP contribution in [0.3, 0.4) is 0 Å². The van der Waals surface area contributed by atoms with Gasteiger partial charge in [-0.15, -0.1) is 0 Å². The number of aromatic nitrogens is 2. The van der Waals surface area contributed by atoms with Gasteiger partial charge in [0, 0.05) is 18.2 Å². The SMILES string of the molecule is O=C(O)CCc1ccc(NC(=O)c2cc(-c3ccco3)n(-c3ccccc3)n2)cc1. The molecule has 0 saturated heterocycles. The number of anilines is 1. The highest BCUT2D eigenvalue weighted by atomic mass is 16.4. The van der Waals surface area contributed by atoms with Gasteiger partial charge >= 0.3 is 5.97 Å². The van der Waals surface area contributed by atoms with Crippen LogP contribution in [0, 0.1) is 0 Å². The molecule has 2 aromatic carbocycles. The van der Waals surface area contributed by atoms with Crippen molar-refractivity contribution in [1.82, 2.24) is 9.78 Å². The zero-order valence-electron chi connectivity index (χ0n) is 16.0. The van der Waals surface area contributed by atoms with Crippen molar-refractivity contribution in [3.63, 3.8) is 0 Å². The van der Waals surface area contributed by atoms with Crippen LogP contribution in [0.1, 0.15) is 22.5 Å². The molecule has 2 aromatic heterocycles. The standard InChI is InChI=1S/C23H19N3O4/c27-22(28)13-10-16-8-11-17(12-9-16)24-23(29)19-15-20(21-7-4-14-30-21)26(25-19)18-5-2-1-3-6-18/h1-9,11-12,14-15H,10,13H2,(H,24,29)(H,27,28). The monoisotopic (exact) mass is 401 g/mol. The van der Waals surface area contributed by atoms with Crippen LogP contribution in [-0.2, 0) is 11.2 Å². The summed E-state index contributed by atoms with van der Waals surface area (Å²) >= 11 is 0. The number of hydrogen-bond donors (Lipinski definition) is 2. The number of amides is 1. The first kappa shape index (κ1) is 19.2. The molecule has 2 heterocycles. The van der Waals surface area contributed by atoms with Crippen molar-refractivity contribution in [3.05, 3.63) is 90.3 Å². The summed E-state index contributed by atoms with van der Waals surface area (Å²) < 4.78 is 7.18. The van der Waals surface area contributed by atoms with Crippen LogP contribution in [0.15, 0.2) is 83.5 Å². The van der Waals surface area contributed by atoms with Crippen molar-refractivity contribution < 1.29 is 19.1 Å². The second-order valence-corrected chi connectivity index (χ2v) is 6.68. The number of carbonyl (C=O) groups is 2. The lowest BCUT2D eigenvalue weighted by Gasteiger charge is -2.05. The predicted octanol–water partition coefficient (Wildman–Crippen LogP) is 4.40. The molecule has 0 atom stereocenters. The zero-order valence-corrected chi connectivity index (χ0v) is 16.0. The van der Waals surface area contributed by atoms with E-state index in [0.717, 1.165) is 11.3 Å². The highest BCUT2D eigenvalue weighted by Crippen LogP contribution is 2.25. The molecule has 150 valence electrons. The average molecular weight is 401 g/mol. The number of aryl methyl sites for hydroxylation is 1. The number of rotatable bonds is 7. The lowest BCUT2D eigenvalue weighted by Crippen LogP contribution is -2.13. The number of aliphatic carboxylic acids is 1. The van der Waals surface area contributed by atoms with Gasteiger partial charge in [0.2, 0.25) is 0 Å². The maximum absolute atomic E-state index is 12.8. The van der Waals surface area contributed by atoms with Crippen molar-refractivity contribution in [3.8, 4) is 17.1 Å². The van der Waals surface area contributed by atoms with Gasteiger partial charge in [0.05, 0.1) is 12.0 Å². The third kappa shape index (κ3) is 4.30. The molecule has 7 heteroatoms. The Morgan fingerprint density at radius 1 is 1.00 bits per heavy atom. The number of para-hydroxylation sites is 1. The van der Waals surface area contributed by atoms with Gasteiger partial charge in [-0.3, -0.25) is 9.59 Å². The Bertz CT molecular complexity index is 1150. The first-order valence-corrected chi connectivity index (χ1v) is 9.41. The minimum atomic E-state index is -0.839. The quantitative estimate of drug-likeness (QED) is 0.478. The molecule has 0 aliphatic heterocycles. The Labute approximate surface area is 172 Å². The molecular formula is C23H19N3O4. The molecule has 0 saturated carbocycles. The number of carbonyl (C=O) groups excluding carboxylic acids is 1. The van der Waals surface area contributed by atoms with Gasteiger partial charge in [0.25, 0.3) is 5.91 Å². The van der Waals surface area contributed by atoms with Crippen molar-refractivity contribution >= 4 is 17.6 Å². The topological polar surface area (TPSA) is 97.4 Å². The van der Waals surface area contributed by atoms with E-state index >= 15 is 0 Å². The molecule has 0 aliphatic rings. The van der Waals surface area contributed by atoms with Crippen LogP contribution in [-0.4, -0.2) is 26.8 Å². The smallest absolute Gasteiger partial charge is 0.303 e. The maximum atomic E-state index is 12.8. The normalized spacial score (nSPS) is 10.7. The number of carboxylic acids is 1. The van der Waals surface area contributed by atoms with Crippen molar-refractivity contribution in [2.24, 2.45) is 0 Å². The van der Waals surface area contributed by atoms with E-state index in [4.69, 9.17) is 9.52 Å². The van der Waals surface area contributed by atoms with E-state index in [1.807, 2.05) is 36.4 Å². The zero-order chi connectivity index (χ0) is 20.9. The summed E-state index contributed by atoms with van der Waals surface area (Å²) in [5.41, 5.74) is 3.23. The number of carboxylic acid groups (broad SMARTS) is 1. The highest BCUT2D eigenvalue weighted by Gasteiger charge is 2.18. The fourth-order valence-corrected chi connectivity index (χ4v) is 3.06. The molecule has 4 aromatic rings. The number of nitrogens with zero attached hydrogens (tertiary/aromatic N) is 2. The molecule has 1 amide bonds. The second-order valence-electron chi connectivity index (χ2n) is 6.68. The van der Waals surface area contributed by atoms with Crippen molar-refractivity contribution in [2.45, 2.75) is 12.8 Å². The van der Waals surface area contributed by atoms with Crippen LogP contribution in [0.2, 0.25) is 0 Å². The van der Waals surface area contributed by atoms with Gasteiger partial charge in [0.1, 0.15) is 5.69 Å². The van der Waals surface area contributed by atoms with Gasteiger partial charge in [-0.05, 0) is 48.4 Å². The third-order valence-corrected chi connectivity index (χ3v) is 4.56. The van der Waals surface area contributed by atoms with E-state index in [1.54, 1.807) is 47.3 Å². The highest BCUT2D eigenvalue weighted by molar-refractivity contribution is 6.03. The van der Waals surface area contributed by atoms with Crippen LogP contribution >= 0.6 is 0 Å². The summed E-state index contributed by atoms with van der Waals surface area (Å²) in [7, 11) is 0. The van der Waals surface area contributed by atoms with E-state index in [0.29, 0.717) is 23.6 Å². The molecule has 0 bridgehead atoms. The Hall–Kier alpha value is -4.13. The molecule has 0 unspecified atom stereocenters. The van der Waals surface area contributed by atoms with Crippen molar-refractivity contribution in [1.29, 1.82) is 0 Å². The van der Waals surface area contributed by atoms with Crippen LogP contribution in [0.25, 0.3) is 17.1 Å². The van der Waals surface area contributed by atoms with Crippen molar-refractivity contribution in [2.75, 3.05) is 5.32 Å². The van der Waals surface area contributed by atoms with Gasteiger partial charge in [0.15, 0.2) is 11.5 Å². The summed E-state index contributed by atoms with van der Waals surface area (Å²) in [6, 6.07) is 21.9. The number of benzene rings is 2. The molecule has 0 radical (unpaired) electrons. The largest absolute Gasteiger partial charge is 0.481 e. The number of hydrogen-bond acceptors (Lipinski definition) is 4. The summed E-state index contributed by atoms with van der Waals surface area (Å²) in [5.74, 6) is -0.585. The molecule has 30 heavy (non-hydrogen) atoms. The Balaban J connectivity index is 1.56. The van der Waals surface area contributed by atoms with Gasteiger partial charge in [-0.2, -0.15) is 5.10 Å². The lowest BCUT2D eigenvalue weighted by atomic mass is 10.1. The van der Waals surface area contributed by atoms with E-state index in [1.165, 1.54) is 0 Å². The van der Waals surface area contributed by atoms with E-state index < -0.39 is 5.97 Å². The summed E-state index contributed by atoms with van der Waals surface area (Å²) in [6.45, 7) is 0. The summed E-state index contributed by atoms with van der Waals surface area (Å²) in [5, 5.41) is 16.1. The molecular weight excluding hydrogens is 382 g/mol. The number of nitrogens with one attached hydrogen (secondary N) is 1.